The largest absolute Gasteiger partial charge is 1.00 e. The van der Waals surface area contributed by atoms with Crippen LogP contribution in [0.2, 0.25) is 0 Å². The maximum absolute atomic E-state index is 10.4. The van der Waals surface area contributed by atoms with Gasteiger partial charge in [-0.25, -0.2) is 8.42 Å². The van der Waals surface area contributed by atoms with Crippen molar-refractivity contribution < 1.29 is 35.4 Å². The van der Waals surface area contributed by atoms with Crippen LogP contribution in [0.5, 0.6) is 0 Å². The van der Waals surface area contributed by atoms with Crippen molar-refractivity contribution in [3.05, 3.63) is 27.8 Å². The molecular weight excluding hydrogens is 387 g/mol. The van der Waals surface area contributed by atoms with Crippen molar-refractivity contribution in [1.29, 1.82) is 0 Å². The van der Waals surface area contributed by atoms with E-state index in [2.05, 4.69) is 0 Å². The van der Waals surface area contributed by atoms with Crippen LogP contribution in [0.15, 0.2) is 29.2 Å². The third kappa shape index (κ3) is 3.55. The van der Waals surface area contributed by atoms with E-state index in [0.717, 1.165) is 3.57 Å². The van der Waals surface area contributed by atoms with E-state index >= 15 is 0 Å². The summed E-state index contributed by atoms with van der Waals surface area (Å²) in [6.45, 7) is 0. The second kappa shape index (κ2) is 4.73. The van der Waals surface area contributed by atoms with Crippen molar-refractivity contribution in [3.8, 4) is 0 Å². The van der Waals surface area contributed by atoms with E-state index < -0.39 is 10.1 Å². The van der Waals surface area contributed by atoms with Gasteiger partial charge < -0.3 is 4.55 Å². The summed E-state index contributed by atoms with van der Waals surface area (Å²) in [5.41, 5.74) is 0. The average Bonchev–Trinajstić information content (AvgIpc) is 1.86. The molecule has 0 saturated carbocycles. The van der Waals surface area contributed by atoms with Gasteiger partial charge in [-0.1, -0.05) is 6.07 Å². The van der Waals surface area contributed by atoms with Crippen molar-refractivity contribution >= 4 is 32.7 Å². The van der Waals surface area contributed by atoms with Crippen molar-refractivity contribution in [1.82, 2.24) is 0 Å². The van der Waals surface area contributed by atoms with Crippen LogP contribution in [0.3, 0.4) is 0 Å². The molecule has 0 heterocycles. The Labute approximate surface area is 100.0 Å². The normalized spacial score (nSPS) is 10.5. The molecule has 0 fully saturated rings. The van der Waals surface area contributed by atoms with E-state index in [9.17, 15) is 13.0 Å². The number of benzene rings is 1. The zero-order chi connectivity index (χ0) is 8.48. The minimum absolute atomic E-state index is 0. The van der Waals surface area contributed by atoms with Gasteiger partial charge in [0.25, 0.3) is 0 Å². The smallest absolute Gasteiger partial charge is 0.744 e. The molecule has 0 amide bonds. The summed E-state index contributed by atoms with van der Waals surface area (Å²) in [7, 11) is -4.28. The van der Waals surface area contributed by atoms with Gasteiger partial charge in [0.15, 0.2) is 0 Å². The molecule has 1 aromatic carbocycles. The van der Waals surface area contributed by atoms with Gasteiger partial charge in [-0.15, -0.1) is 0 Å². The van der Waals surface area contributed by atoms with Crippen molar-refractivity contribution in [2.75, 3.05) is 0 Å². The van der Waals surface area contributed by atoms with Crippen molar-refractivity contribution in [2.45, 2.75) is 4.90 Å². The summed E-state index contributed by atoms with van der Waals surface area (Å²) < 4.78 is 32.0. The Kier molecular flexibility index (Phi) is 4.97. The first-order valence-electron chi connectivity index (χ1n) is 2.71. The Balaban J connectivity index is 0.00000121. The maximum atomic E-state index is 10.4. The fraction of sp³-hybridized carbons (Fsp3) is 0. The first-order valence-corrected chi connectivity index (χ1v) is 5.20. The number of hydrogen-bond donors (Lipinski definition) is 0. The molecular formula is C6H4AgIO3S. The molecule has 1 rings (SSSR count). The second-order valence-corrected chi connectivity index (χ2v) is 4.54. The third-order valence-corrected chi connectivity index (χ3v) is 2.59. The third-order valence-electron chi connectivity index (χ3n) is 1.08. The van der Waals surface area contributed by atoms with Gasteiger partial charge in [-0.3, -0.25) is 0 Å². The predicted octanol–water partition coefficient (Wildman–Crippen LogP) is 1.19. The molecule has 1 aromatic rings. The van der Waals surface area contributed by atoms with Crippen LogP contribution >= 0.6 is 22.6 Å². The van der Waals surface area contributed by atoms with Crippen LogP contribution in [0.1, 0.15) is 0 Å². The minimum Gasteiger partial charge on any atom is -0.744 e. The van der Waals surface area contributed by atoms with Crippen LogP contribution in [-0.2, 0) is 32.5 Å². The molecule has 0 radical (unpaired) electrons. The SMILES string of the molecule is O=S(=O)([O-])c1cccc(I)c1.[Ag+]. The molecule has 0 aliphatic heterocycles. The molecule has 0 unspecified atom stereocenters. The maximum Gasteiger partial charge on any atom is 1.00 e. The summed E-state index contributed by atoms with van der Waals surface area (Å²) in [5.74, 6) is 0. The fourth-order valence-electron chi connectivity index (χ4n) is 0.623. The Morgan fingerprint density at radius 1 is 1.33 bits per heavy atom. The molecule has 0 aliphatic carbocycles. The summed E-state index contributed by atoms with van der Waals surface area (Å²) in [6.07, 6.45) is 0. The molecule has 0 N–H and O–H groups in total. The molecule has 0 spiro atoms. The molecule has 0 aromatic heterocycles. The summed E-state index contributed by atoms with van der Waals surface area (Å²) in [6, 6.07) is 5.87. The van der Waals surface area contributed by atoms with Crippen LogP contribution in [0.25, 0.3) is 0 Å². The topological polar surface area (TPSA) is 57.2 Å². The Hall–Kier alpha value is 0.600. The van der Waals surface area contributed by atoms with Crippen molar-refractivity contribution in [2.24, 2.45) is 0 Å². The van der Waals surface area contributed by atoms with E-state index in [1.807, 2.05) is 22.6 Å². The summed E-state index contributed by atoms with van der Waals surface area (Å²) in [5, 5.41) is 0. The minimum atomic E-state index is -4.28. The van der Waals surface area contributed by atoms with E-state index in [1.54, 1.807) is 6.07 Å². The van der Waals surface area contributed by atoms with Crippen LogP contribution < -0.4 is 0 Å². The van der Waals surface area contributed by atoms with E-state index in [4.69, 9.17) is 0 Å². The molecule has 70 valence electrons. The first kappa shape index (κ1) is 12.6. The molecule has 0 saturated heterocycles. The molecule has 0 aliphatic rings. The monoisotopic (exact) mass is 390 g/mol. The van der Waals surface area contributed by atoms with E-state index in [0.29, 0.717) is 0 Å². The van der Waals surface area contributed by atoms with Crippen LogP contribution in [0, 0.1) is 3.57 Å². The van der Waals surface area contributed by atoms with Gasteiger partial charge in [0.1, 0.15) is 10.1 Å². The zero-order valence-electron chi connectivity index (χ0n) is 5.62. The van der Waals surface area contributed by atoms with Gasteiger partial charge in [0, 0.05) is 3.57 Å². The zero-order valence-corrected chi connectivity index (χ0v) is 10.1. The summed E-state index contributed by atoms with van der Waals surface area (Å²) >= 11 is 1.94. The fourth-order valence-corrected chi connectivity index (χ4v) is 1.89. The van der Waals surface area contributed by atoms with Gasteiger partial charge in [0.2, 0.25) is 0 Å². The number of rotatable bonds is 1. The Morgan fingerprint density at radius 2 is 1.92 bits per heavy atom. The molecule has 0 bridgehead atoms. The van der Waals surface area contributed by atoms with Crippen molar-refractivity contribution in [3.63, 3.8) is 0 Å². The predicted molar refractivity (Wildman–Crippen MR) is 47.1 cm³/mol. The number of hydrogen-bond acceptors (Lipinski definition) is 3. The van der Waals surface area contributed by atoms with E-state index in [-0.39, 0.29) is 27.3 Å². The summed E-state index contributed by atoms with van der Waals surface area (Å²) in [4.78, 5) is -0.176. The van der Waals surface area contributed by atoms with Crippen LogP contribution in [-0.4, -0.2) is 13.0 Å². The molecule has 3 nitrogen and oxygen atoms in total. The Bertz CT molecular complexity index is 363. The van der Waals surface area contributed by atoms with Gasteiger partial charge in [-0.2, -0.15) is 0 Å². The van der Waals surface area contributed by atoms with E-state index in [1.165, 1.54) is 18.2 Å². The second-order valence-electron chi connectivity index (χ2n) is 1.91. The number of halogens is 1. The van der Waals surface area contributed by atoms with Crippen LogP contribution in [0.4, 0.5) is 0 Å². The van der Waals surface area contributed by atoms with Gasteiger partial charge in [0.05, 0.1) is 4.90 Å². The average molecular weight is 391 g/mol. The quantitative estimate of drug-likeness (QED) is 0.411. The molecule has 6 heteroatoms. The molecule has 12 heavy (non-hydrogen) atoms. The van der Waals surface area contributed by atoms with Gasteiger partial charge >= 0.3 is 22.4 Å². The Morgan fingerprint density at radius 3 is 2.25 bits per heavy atom. The standard InChI is InChI=1S/C6H5IO3S.Ag/c7-5-2-1-3-6(4-5)11(8,9)10;/h1-4H,(H,8,9,10);/q;+1/p-1. The first-order chi connectivity index (χ1) is 5.00. The molecule has 0 atom stereocenters. The van der Waals surface area contributed by atoms with Gasteiger partial charge in [-0.05, 0) is 40.8 Å².